The zero-order valence-electron chi connectivity index (χ0n) is 27.2. The van der Waals surface area contributed by atoms with Gasteiger partial charge in [0.15, 0.2) is 0 Å². The van der Waals surface area contributed by atoms with Crippen LogP contribution in [-0.2, 0) is 11.3 Å². The van der Waals surface area contributed by atoms with Gasteiger partial charge in [0.1, 0.15) is 11.6 Å². The summed E-state index contributed by atoms with van der Waals surface area (Å²) >= 11 is 0. The van der Waals surface area contributed by atoms with Crippen molar-refractivity contribution in [3.8, 4) is 5.75 Å². The van der Waals surface area contributed by atoms with E-state index in [-0.39, 0.29) is 36.2 Å². The lowest BCUT2D eigenvalue weighted by atomic mass is 10.0. The molecular weight excluding hydrogens is 587 g/mol. The molecule has 0 fully saturated rings. The SMILES string of the molecule is C[C@@H]1CCCCO[C@@H](CN(C)Cc2ccccc2)[C@@H](C)CN([C@H](C)CO)C(=O)c2cc(NC(=O)Nc3ccc(F)cc3)ccc2O1. The largest absolute Gasteiger partial charge is 0.490 e. The Hall–Kier alpha value is -3.99. The quantitative estimate of drug-likeness (QED) is 0.265. The Morgan fingerprint density at radius 2 is 1.74 bits per heavy atom. The molecule has 1 aliphatic heterocycles. The summed E-state index contributed by atoms with van der Waals surface area (Å²) < 4.78 is 26.0. The van der Waals surface area contributed by atoms with Gasteiger partial charge in [-0.25, -0.2) is 9.18 Å². The molecule has 3 N–H and O–H groups in total. The summed E-state index contributed by atoms with van der Waals surface area (Å²) in [6.07, 6.45) is 2.26. The second-order valence-electron chi connectivity index (χ2n) is 12.3. The first-order valence-electron chi connectivity index (χ1n) is 16.0. The van der Waals surface area contributed by atoms with Gasteiger partial charge in [-0.05, 0) is 88.2 Å². The van der Waals surface area contributed by atoms with Gasteiger partial charge >= 0.3 is 6.03 Å². The molecule has 0 unspecified atom stereocenters. The third-order valence-corrected chi connectivity index (χ3v) is 8.20. The number of halogens is 1. The molecule has 3 aromatic rings. The lowest BCUT2D eigenvalue weighted by Gasteiger charge is -2.36. The third kappa shape index (κ3) is 10.3. The van der Waals surface area contributed by atoms with Crippen LogP contribution < -0.4 is 15.4 Å². The van der Waals surface area contributed by atoms with E-state index >= 15 is 0 Å². The molecule has 0 aliphatic carbocycles. The van der Waals surface area contributed by atoms with E-state index in [1.165, 1.54) is 29.8 Å². The number of nitrogens with zero attached hydrogens (tertiary/aromatic N) is 2. The highest BCUT2D eigenvalue weighted by atomic mass is 19.1. The van der Waals surface area contributed by atoms with Crippen molar-refractivity contribution >= 4 is 23.3 Å². The van der Waals surface area contributed by atoms with Crippen LogP contribution in [0.4, 0.5) is 20.6 Å². The number of ether oxygens (including phenoxy) is 2. The summed E-state index contributed by atoms with van der Waals surface area (Å²) in [6.45, 7) is 8.05. The fourth-order valence-corrected chi connectivity index (χ4v) is 5.56. The van der Waals surface area contributed by atoms with Crippen LogP contribution in [0.15, 0.2) is 72.8 Å². The zero-order chi connectivity index (χ0) is 33.1. The van der Waals surface area contributed by atoms with Crippen molar-refractivity contribution in [2.45, 2.75) is 64.8 Å². The molecule has 248 valence electrons. The standard InChI is InChI=1S/C36H47FN4O5/c1-25-21-41(26(2)24-42)35(43)32-20-31(39-36(44)38-30-15-13-29(37)14-16-30)17-18-33(32)46-27(3)10-8-9-19-45-34(25)23-40(4)22-28-11-6-5-7-12-28/h5-7,11-18,20,25-27,34,42H,8-10,19,21-24H2,1-4H3,(H2,38,39,44)/t25-,26+,27+,34-/m0/s1. The number of benzene rings is 3. The molecule has 1 heterocycles. The molecule has 46 heavy (non-hydrogen) atoms. The van der Waals surface area contributed by atoms with Crippen molar-refractivity contribution in [1.29, 1.82) is 0 Å². The van der Waals surface area contributed by atoms with Crippen molar-refractivity contribution in [2.75, 3.05) is 44.0 Å². The lowest BCUT2D eigenvalue weighted by molar-refractivity contribution is -0.0177. The maximum atomic E-state index is 14.3. The molecule has 0 saturated carbocycles. The summed E-state index contributed by atoms with van der Waals surface area (Å²) in [5, 5.41) is 15.6. The average molecular weight is 635 g/mol. The Balaban J connectivity index is 1.58. The predicted octanol–water partition coefficient (Wildman–Crippen LogP) is 6.40. The molecule has 3 aromatic carbocycles. The topological polar surface area (TPSA) is 103 Å². The molecule has 9 nitrogen and oxygen atoms in total. The Morgan fingerprint density at radius 1 is 1.04 bits per heavy atom. The summed E-state index contributed by atoms with van der Waals surface area (Å²) in [5.41, 5.74) is 2.31. The van der Waals surface area contributed by atoms with E-state index in [0.29, 0.717) is 36.8 Å². The molecule has 1 aliphatic rings. The Kier molecular flexibility index (Phi) is 12.9. The number of rotatable bonds is 8. The van der Waals surface area contributed by atoms with E-state index in [1.807, 2.05) is 32.0 Å². The van der Waals surface area contributed by atoms with Crippen molar-refractivity contribution in [1.82, 2.24) is 9.80 Å². The second-order valence-corrected chi connectivity index (χ2v) is 12.3. The number of carbonyl (C=O) groups is 2. The Morgan fingerprint density at radius 3 is 2.46 bits per heavy atom. The number of anilines is 2. The minimum atomic E-state index is -0.539. The first-order chi connectivity index (χ1) is 22.1. The third-order valence-electron chi connectivity index (χ3n) is 8.20. The van der Waals surface area contributed by atoms with E-state index in [9.17, 15) is 19.1 Å². The van der Waals surface area contributed by atoms with E-state index in [4.69, 9.17) is 9.47 Å². The maximum Gasteiger partial charge on any atom is 0.323 e. The summed E-state index contributed by atoms with van der Waals surface area (Å²) in [7, 11) is 2.07. The zero-order valence-corrected chi connectivity index (χ0v) is 27.2. The van der Waals surface area contributed by atoms with E-state index < -0.39 is 17.9 Å². The Labute approximate surface area is 271 Å². The van der Waals surface area contributed by atoms with Crippen molar-refractivity contribution < 1.29 is 28.6 Å². The smallest absolute Gasteiger partial charge is 0.323 e. The lowest BCUT2D eigenvalue weighted by Crippen LogP contribution is -2.47. The molecule has 0 radical (unpaired) electrons. The molecule has 4 atom stereocenters. The first kappa shape index (κ1) is 34.9. The molecule has 4 rings (SSSR count). The van der Waals surface area contributed by atoms with Gasteiger partial charge in [-0.2, -0.15) is 0 Å². The van der Waals surface area contributed by atoms with Gasteiger partial charge in [0.25, 0.3) is 5.91 Å². The van der Waals surface area contributed by atoms with Crippen molar-refractivity contribution in [3.63, 3.8) is 0 Å². The van der Waals surface area contributed by atoms with Gasteiger partial charge in [-0.15, -0.1) is 0 Å². The molecular formula is C36H47FN4O5. The number of amides is 3. The fourth-order valence-electron chi connectivity index (χ4n) is 5.56. The van der Waals surface area contributed by atoms with Gasteiger partial charge in [-0.1, -0.05) is 37.3 Å². The number of nitrogens with one attached hydrogen (secondary N) is 2. The number of hydrogen-bond donors (Lipinski definition) is 3. The van der Waals surface area contributed by atoms with Crippen LogP contribution in [0.5, 0.6) is 5.75 Å². The van der Waals surface area contributed by atoms with Crippen LogP contribution >= 0.6 is 0 Å². The number of hydrogen-bond acceptors (Lipinski definition) is 6. The number of urea groups is 1. The molecule has 0 saturated heterocycles. The summed E-state index contributed by atoms with van der Waals surface area (Å²) in [4.78, 5) is 31.0. The molecule has 0 spiro atoms. The normalized spacial score (nSPS) is 20.3. The summed E-state index contributed by atoms with van der Waals surface area (Å²) in [5.74, 6) is -0.355. The van der Waals surface area contributed by atoms with E-state index in [2.05, 4.69) is 41.6 Å². The van der Waals surface area contributed by atoms with Crippen LogP contribution in [0.25, 0.3) is 0 Å². The van der Waals surface area contributed by atoms with Gasteiger partial charge in [-0.3, -0.25) is 9.69 Å². The van der Waals surface area contributed by atoms with E-state index in [1.54, 1.807) is 23.1 Å². The highest BCUT2D eigenvalue weighted by Crippen LogP contribution is 2.29. The number of fused-ring (bicyclic) bond motifs is 1. The predicted molar refractivity (Wildman–Crippen MR) is 179 cm³/mol. The molecule has 0 bridgehead atoms. The van der Waals surface area contributed by atoms with E-state index in [0.717, 1.165) is 25.8 Å². The van der Waals surface area contributed by atoms with Gasteiger partial charge < -0.3 is 30.1 Å². The van der Waals surface area contributed by atoms with Gasteiger partial charge in [0.05, 0.1) is 30.4 Å². The van der Waals surface area contributed by atoms with Crippen LogP contribution in [0, 0.1) is 11.7 Å². The Bertz CT molecular complexity index is 1410. The minimum absolute atomic E-state index is 0.0507. The number of aliphatic hydroxyl groups excluding tert-OH is 1. The highest BCUT2D eigenvalue weighted by Gasteiger charge is 2.30. The van der Waals surface area contributed by atoms with Crippen molar-refractivity contribution in [2.24, 2.45) is 5.92 Å². The van der Waals surface area contributed by atoms with Crippen LogP contribution in [0.1, 0.15) is 56.0 Å². The maximum absolute atomic E-state index is 14.3. The fraction of sp³-hybridized carbons (Fsp3) is 0.444. The van der Waals surface area contributed by atoms with Crippen molar-refractivity contribution in [3.05, 3.63) is 89.7 Å². The minimum Gasteiger partial charge on any atom is -0.490 e. The number of carbonyl (C=O) groups excluding carboxylic acids is 2. The monoisotopic (exact) mass is 634 g/mol. The van der Waals surface area contributed by atoms with Gasteiger partial charge in [0.2, 0.25) is 0 Å². The molecule has 0 aromatic heterocycles. The number of aliphatic hydroxyl groups is 1. The average Bonchev–Trinajstić information content (AvgIpc) is 3.04. The number of likely N-dealkylation sites (N-methyl/N-ethyl adjacent to an activating group) is 1. The molecule has 3 amide bonds. The second kappa shape index (κ2) is 17.1. The molecule has 10 heteroatoms. The van der Waals surface area contributed by atoms with Crippen LogP contribution in [0.3, 0.4) is 0 Å². The first-order valence-corrected chi connectivity index (χ1v) is 16.0. The van der Waals surface area contributed by atoms with Crippen LogP contribution in [0.2, 0.25) is 0 Å². The summed E-state index contributed by atoms with van der Waals surface area (Å²) in [6, 6.07) is 19.7. The highest BCUT2D eigenvalue weighted by molar-refractivity contribution is 6.02. The van der Waals surface area contributed by atoms with Crippen LogP contribution in [-0.4, -0.2) is 78.4 Å². The van der Waals surface area contributed by atoms with Gasteiger partial charge in [0, 0.05) is 43.5 Å².